The van der Waals surface area contributed by atoms with E-state index >= 15 is 0 Å². The smallest absolute Gasteiger partial charge is 0.319 e. The number of ether oxygens (including phenoxy) is 1. The van der Waals surface area contributed by atoms with Gasteiger partial charge in [0, 0.05) is 37.8 Å². The first kappa shape index (κ1) is 18.3. The van der Waals surface area contributed by atoms with Gasteiger partial charge in [-0.1, -0.05) is 36.4 Å². The van der Waals surface area contributed by atoms with Crippen LogP contribution < -0.4 is 15.4 Å². The molecule has 2 aromatic rings. The molecule has 0 saturated carbocycles. The number of benzene rings is 2. The zero-order valence-electron chi connectivity index (χ0n) is 14.5. The Morgan fingerprint density at radius 1 is 1.04 bits per heavy atom. The predicted molar refractivity (Wildman–Crippen MR) is 97.5 cm³/mol. The van der Waals surface area contributed by atoms with Crippen LogP contribution in [0.2, 0.25) is 0 Å². The van der Waals surface area contributed by atoms with Crippen molar-refractivity contribution >= 4 is 17.6 Å². The van der Waals surface area contributed by atoms with Crippen molar-refractivity contribution in [2.45, 2.75) is 13.0 Å². The molecular weight excluding hydrogens is 318 g/mol. The van der Waals surface area contributed by atoms with Crippen LogP contribution in [-0.4, -0.2) is 37.5 Å². The summed E-state index contributed by atoms with van der Waals surface area (Å²) in [5.74, 6) is 0.702. The molecule has 2 N–H and O–H groups in total. The Hall–Kier alpha value is -3.02. The second kappa shape index (κ2) is 9.32. The minimum atomic E-state index is -0.327. The molecule has 0 aliphatic carbocycles. The van der Waals surface area contributed by atoms with Crippen molar-refractivity contribution in [1.82, 2.24) is 10.2 Å². The summed E-state index contributed by atoms with van der Waals surface area (Å²) < 4.78 is 5.29. The van der Waals surface area contributed by atoms with Crippen LogP contribution in [0, 0.1) is 0 Å². The Morgan fingerprint density at radius 3 is 2.44 bits per heavy atom. The summed E-state index contributed by atoms with van der Waals surface area (Å²) in [7, 11) is 3.34. The van der Waals surface area contributed by atoms with Gasteiger partial charge < -0.3 is 20.3 Å². The maximum atomic E-state index is 12.2. The summed E-state index contributed by atoms with van der Waals surface area (Å²) in [6.45, 7) is 0.729. The van der Waals surface area contributed by atoms with Crippen LogP contribution >= 0.6 is 0 Å². The standard InChI is InChI=1S/C19H23N3O3/c1-22(14-15-8-6-7-11-17(15)25-2)18(23)12-13-20-19(24)21-16-9-4-3-5-10-16/h3-11H,12-14H2,1-2H3,(H2,20,21,24). The highest BCUT2D eigenvalue weighted by Crippen LogP contribution is 2.18. The number of methoxy groups -OCH3 is 1. The van der Waals surface area contributed by atoms with E-state index in [0.717, 1.165) is 11.3 Å². The van der Waals surface area contributed by atoms with E-state index in [-0.39, 0.29) is 24.9 Å². The molecule has 0 fully saturated rings. The molecule has 0 atom stereocenters. The van der Waals surface area contributed by atoms with Crippen LogP contribution in [0.25, 0.3) is 0 Å². The fourth-order valence-electron chi connectivity index (χ4n) is 2.35. The number of carbonyl (C=O) groups excluding carboxylic acids is 2. The van der Waals surface area contributed by atoms with Crippen LogP contribution in [0.4, 0.5) is 10.5 Å². The fourth-order valence-corrected chi connectivity index (χ4v) is 2.35. The summed E-state index contributed by atoms with van der Waals surface area (Å²) in [5.41, 5.74) is 1.65. The lowest BCUT2D eigenvalue weighted by Crippen LogP contribution is -2.34. The average molecular weight is 341 g/mol. The molecule has 3 amide bonds. The number of carbonyl (C=O) groups is 2. The fraction of sp³-hybridized carbons (Fsp3) is 0.263. The third-order valence-corrected chi connectivity index (χ3v) is 3.68. The molecule has 0 spiro atoms. The molecule has 0 saturated heterocycles. The van der Waals surface area contributed by atoms with Crippen molar-refractivity contribution < 1.29 is 14.3 Å². The van der Waals surface area contributed by atoms with E-state index in [1.54, 1.807) is 31.2 Å². The summed E-state index contributed by atoms with van der Waals surface area (Å²) in [6, 6.07) is 16.4. The summed E-state index contributed by atoms with van der Waals surface area (Å²) in [5, 5.41) is 5.39. The number of nitrogens with one attached hydrogen (secondary N) is 2. The number of anilines is 1. The van der Waals surface area contributed by atoms with Crippen LogP contribution in [0.1, 0.15) is 12.0 Å². The minimum absolute atomic E-state index is 0.0501. The molecule has 2 aromatic carbocycles. The molecular formula is C19H23N3O3. The van der Waals surface area contributed by atoms with Crippen molar-refractivity contribution in [2.75, 3.05) is 26.0 Å². The van der Waals surface area contributed by atoms with Gasteiger partial charge in [0.25, 0.3) is 0 Å². The Balaban J connectivity index is 1.75. The number of rotatable bonds is 7. The number of hydrogen-bond acceptors (Lipinski definition) is 3. The van der Waals surface area contributed by atoms with Crippen molar-refractivity contribution in [3.8, 4) is 5.75 Å². The topological polar surface area (TPSA) is 70.7 Å². The van der Waals surface area contributed by atoms with Gasteiger partial charge in [-0.15, -0.1) is 0 Å². The normalized spacial score (nSPS) is 10.0. The van der Waals surface area contributed by atoms with Gasteiger partial charge in [0.2, 0.25) is 5.91 Å². The molecule has 0 aromatic heterocycles. The van der Waals surface area contributed by atoms with Crippen molar-refractivity contribution in [1.29, 1.82) is 0 Å². The molecule has 132 valence electrons. The van der Waals surface area contributed by atoms with Gasteiger partial charge in [-0.3, -0.25) is 4.79 Å². The van der Waals surface area contributed by atoms with Gasteiger partial charge in [0.1, 0.15) is 5.75 Å². The van der Waals surface area contributed by atoms with Gasteiger partial charge in [-0.05, 0) is 18.2 Å². The number of hydrogen-bond donors (Lipinski definition) is 2. The highest BCUT2D eigenvalue weighted by molar-refractivity contribution is 5.89. The van der Waals surface area contributed by atoms with Crippen LogP contribution in [0.15, 0.2) is 54.6 Å². The van der Waals surface area contributed by atoms with Gasteiger partial charge in [0.15, 0.2) is 0 Å². The van der Waals surface area contributed by atoms with Crippen molar-refractivity contribution in [2.24, 2.45) is 0 Å². The highest BCUT2D eigenvalue weighted by Gasteiger charge is 2.12. The average Bonchev–Trinajstić information content (AvgIpc) is 2.62. The Labute approximate surface area is 147 Å². The summed E-state index contributed by atoms with van der Waals surface area (Å²) in [4.78, 5) is 25.6. The largest absolute Gasteiger partial charge is 0.496 e. The van der Waals surface area contributed by atoms with Gasteiger partial charge >= 0.3 is 6.03 Å². The molecule has 0 aliphatic heterocycles. The molecule has 0 heterocycles. The van der Waals surface area contributed by atoms with E-state index in [1.165, 1.54) is 0 Å². The number of nitrogens with zero attached hydrogens (tertiary/aromatic N) is 1. The molecule has 2 rings (SSSR count). The quantitative estimate of drug-likeness (QED) is 0.813. The molecule has 0 bridgehead atoms. The van der Waals surface area contributed by atoms with Crippen LogP contribution in [0.5, 0.6) is 5.75 Å². The summed E-state index contributed by atoms with van der Waals surface area (Å²) in [6.07, 6.45) is 0.230. The predicted octanol–water partition coefficient (Wildman–Crippen LogP) is 2.87. The molecule has 0 aliphatic rings. The Morgan fingerprint density at radius 2 is 1.72 bits per heavy atom. The lowest BCUT2D eigenvalue weighted by molar-refractivity contribution is -0.130. The van der Waals surface area contributed by atoms with E-state index in [9.17, 15) is 9.59 Å². The van der Waals surface area contributed by atoms with E-state index in [4.69, 9.17) is 4.74 Å². The molecule has 6 heteroatoms. The van der Waals surface area contributed by atoms with Gasteiger partial charge in [0.05, 0.1) is 7.11 Å². The molecule has 6 nitrogen and oxygen atoms in total. The van der Waals surface area contributed by atoms with Gasteiger partial charge in [-0.2, -0.15) is 0 Å². The number of urea groups is 1. The maximum absolute atomic E-state index is 12.2. The summed E-state index contributed by atoms with van der Waals surface area (Å²) >= 11 is 0. The molecule has 0 unspecified atom stereocenters. The van der Waals surface area contributed by atoms with E-state index in [0.29, 0.717) is 12.2 Å². The van der Waals surface area contributed by atoms with Crippen molar-refractivity contribution in [3.63, 3.8) is 0 Å². The number of amides is 3. The van der Waals surface area contributed by atoms with E-state index in [1.807, 2.05) is 42.5 Å². The lowest BCUT2D eigenvalue weighted by atomic mass is 10.2. The molecule has 0 radical (unpaired) electrons. The third kappa shape index (κ3) is 5.84. The lowest BCUT2D eigenvalue weighted by Gasteiger charge is -2.19. The first-order valence-corrected chi connectivity index (χ1v) is 8.06. The third-order valence-electron chi connectivity index (χ3n) is 3.68. The van der Waals surface area contributed by atoms with Crippen LogP contribution in [0.3, 0.4) is 0 Å². The second-order valence-electron chi connectivity index (χ2n) is 5.56. The first-order valence-electron chi connectivity index (χ1n) is 8.06. The Kier molecular flexibility index (Phi) is 6.83. The monoisotopic (exact) mass is 341 g/mol. The zero-order chi connectivity index (χ0) is 18.1. The second-order valence-corrected chi connectivity index (χ2v) is 5.56. The Bertz CT molecular complexity index is 704. The van der Waals surface area contributed by atoms with Crippen LogP contribution in [-0.2, 0) is 11.3 Å². The van der Waals surface area contributed by atoms with Gasteiger partial charge in [-0.25, -0.2) is 4.79 Å². The van der Waals surface area contributed by atoms with E-state index < -0.39 is 0 Å². The highest BCUT2D eigenvalue weighted by atomic mass is 16.5. The maximum Gasteiger partial charge on any atom is 0.319 e. The van der Waals surface area contributed by atoms with E-state index in [2.05, 4.69) is 10.6 Å². The minimum Gasteiger partial charge on any atom is -0.496 e. The molecule has 25 heavy (non-hydrogen) atoms. The SMILES string of the molecule is COc1ccccc1CN(C)C(=O)CCNC(=O)Nc1ccccc1. The van der Waals surface area contributed by atoms with Crippen molar-refractivity contribution in [3.05, 3.63) is 60.2 Å². The number of para-hydroxylation sites is 2. The first-order chi connectivity index (χ1) is 12.1. The zero-order valence-corrected chi connectivity index (χ0v) is 14.5.